The van der Waals surface area contributed by atoms with Gasteiger partial charge in [-0.2, -0.15) is 5.10 Å². The van der Waals surface area contributed by atoms with Gasteiger partial charge in [0.05, 0.1) is 11.7 Å². The number of benzene rings is 1. The summed E-state index contributed by atoms with van der Waals surface area (Å²) in [5.74, 6) is 0. The van der Waals surface area contributed by atoms with Gasteiger partial charge in [0.1, 0.15) is 0 Å². The van der Waals surface area contributed by atoms with Gasteiger partial charge in [0.15, 0.2) is 0 Å². The zero-order chi connectivity index (χ0) is 10.7. The number of fused-ring (bicyclic) bond motifs is 1. The molecule has 1 aromatic carbocycles. The Balaban J connectivity index is 2.30. The van der Waals surface area contributed by atoms with Crippen molar-refractivity contribution in [3.8, 4) is 0 Å². The number of aromatic amines is 1. The molecule has 0 saturated carbocycles. The lowest BCUT2D eigenvalue weighted by Crippen LogP contribution is -2.22. The summed E-state index contributed by atoms with van der Waals surface area (Å²) in [6, 6.07) is 6.32. The summed E-state index contributed by atoms with van der Waals surface area (Å²) < 4.78 is 0. The molecule has 1 N–H and O–H groups in total. The highest BCUT2D eigenvalue weighted by Gasteiger charge is 2.05. The SMILES string of the molecule is CCN(CC)Cc1cccc2[nH]ncc12. The third-order valence-electron chi connectivity index (χ3n) is 2.86. The van der Waals surface area contributed by atoms with Gasteiger partial charge in [-0.25, -0.2) is 0 Å². The van der Waals surface area contributed by atoms with Gasteiger partial charge in [0.2, 0.25) is 0 Å². The van der Waals surface area contributed by atoms with E-state index in [1.54, 1.807) is 0 Å². The number of rotatable bonds is 4. The summed E-state index contributed by atoms with van der Waals surface area (Å²) in [4.78, 5) is 2.40. The van der Waals surface area contributed by atoms with Gasteiger partial charge in [0.25, 0.3) is 0 Å². The molecule has 0 bridgehead atoms. The number of hydrogen-bond donors (Lipinski definition) is 1. The van der Waals surface area contributed by atoms with Gasteiger partial charge < -0.3 is 0 Å². The van der Waals surface area contributed by atoms with Crippen LogP contribution in [0.1, 0.15) is 19.4 Å². The molecule has 0 fully saturated rings. The van der Waals surface area contributed by atoms with Crippen LogP contribution in [-0.2, 0) is 6.54 Å². The lowest BCUT2D eigenvalue weighted by molar-refractivity contribution is 0.297. The van der Waals surface area contributed by atoms with Crippen molar-refractivity contribution in [2.24, 2.45) is 0 Å². The summed E-state index contributed by atoms with van der Waals surface area (Å²) in [5, 5.41) is 8.32. The maximum absolute atomic E-state index is 4.08. The molecule has 0 aliphatic rings. The first kappa shape index (κ1) is 10.2. The molecule has 80 valence electrons. The Kier molecular flexibility index (Phi) is 3.02. The Morgan fingerprint density at radius 1 is 1.27 bits per heavy atom. The normalized spacial score (nSPS) is 11.4. The van der Waals surface area contributed by atoms with Gasteiger partial charge in [-0.05, 0) is 24.7 Å². The molecule has 0 saturated heterocycles. The van der Waals surface area contributed by atoms with E-state index in [0.29, 0.717) is 0 Å². The largest absolute Gasteiger partial charge is 0.300 e. The van der Waals surface area contributed by atoms with Crippen LogP contribution < -0.4 is 0 Å². The van der Waals surface area contributed by atoms with Crippen molar-refractivity contribution in [2.75, 3.05) is 13.1 Å². The van der Waals surface area contributed by atoms with Gasteiger partial charge >= 0.3 is 0 Å². The Morgan fingerprint density at radius 3 is 2.80 bits per heavy atom. The lowest BCUT2D eigenvalue weighted by atomic mass is 10.1. The minimum atomic E-state index is 1.00. The summed E-state index contributed by atoms with van der Waals surface area (Å²) in [6.45, 7) is 7.57. The fourth-order valence-corrected chi connectivity index (χ4v) is 1.86. The third-order valence-corrected chi connectivity index (χ3v) is 2.86. The Labute approximate surface area is 90.1 Å². The smallest absolute Gasteiger partial charge is 0.0653 e. The topological polar surface area (TPSA) is 31.9 Å². The highest BCUT2D eigenvalue weighted by atomic mass is 15.1. The Bertz CT molecular complexity index is 429. The number of nitrogens with one attached hydrogen (secondary N) is 1. The van der Waals surface area contributed by atoms with Crippen LogP contribution in [0.3, 0.4) is 0 Å². The van der Waals surface area contributed by atoms with E-state index in [-0.39, 0.29) is 0 Å². The van der Waals surface area contributed by atoms with E-state index in [0.717, 1.165) is 25.2 Å². The Hall–Kier alpha value is -1.35. The summed E-state index contributed by atoms with van der Waals surface area (Å²) in [6.07, 6.45) is 1.91. The molecule has 0 aliphatic heterocycles. The highest BCUT2D eigenvalue weighted by molar-refractivity contribution is 5.81. The molecule has 2 rings (SSSR count). The zero-order valence-electron chi connectivity index (χ0n) is 9.33. The van der Waals surface area contributed by atoms with Crippen LogP contribution in [0.15, 0.2) is 24.4 Å². The molecule has 2 aromatic rings. The second-order valence-corrected chi connectivity index (χ2v) is 3.71. The van der Waals surface area contributed by atoms with Crippen LogP contribution in [0.4, 0.5) is 0 Å². The molecule has 0 unspecified atom stereocenters. The molecule has 0 radical (unpaired) electrons. The van der Waals surface area contributed by atoms with Gasteiger partial charge in [-0.1, -0.05) is 26.0 Å². The second kappa shape index (κ2) is 4.45. The number of H-pyrrole nitrogens is 1. The molecule has 15 heavy (non-hydrogen) atoms. The van der Waals surface area contributed by atoms with Crippen LogP contribution in [-0.4, -0.2) is 28.2 Å². The number of hydrogen-bond acceptors (Lipinski definition) is 2. The van der Waals surface area contributed by atoms with E-state index in [1.807, 2.05) is 6.20 Å². The van der Waals surface area contributed by atoms with Gasteiger partial charge in [-0.15, -0.1) is 0 Å². The summed E-state index contributed by atoms with van der Waals surface area (Å²) in [7, 11) is 0. The minimum Gasteiger partial charge on any atom is -0.300 e. The summed E-state index contributed by atoms with van der Waals surface area (Å²) in [5.41, 5.74) is 2.48. The van der Waals surface area contributed by atoms with E-state index in [2.05, 4.69) is 47.1 Å². The first-order valence-electron chi connectivity index (χ1n) is 5.48. The molecule has 3 nitrogen and oxygen atoms in total. The first-order chi connectivity index (χ1) is 7.35. The number of nitrogens with zero attached hydrogens (tertiary/aromatic N) is 2. The fourth-order valence-electron chi connectivity index (χ4n) is 1.86. The van der Waals surface area contributed by atoms with Crippen molar-refractivity contribution in [3.05, 3.63) is 30.0 Å². The molecule has 1 heterocycles. The maximum Gasteiger partial charge on any atom is 0.0653 e. The maximum atomic E-state index is 4.08. The third kappa shape index (κ3) is 2.02. The van der Waals surface area contributed by atoms with E-state index >= 15 is 0 Å². The average molecular weight is 203 g/mol. The van der Waals surface area contributed by atoms with E-state index in [4.69, 9.17) is 0 Å². The molecule has 0 spiro atoms. The molecule has 3 heteroatoms. The van der Waals surface area contributed by atoms with Crippen LogP contribution >= 0.6 is 0 Å². The van der Waals surface area contributed by atoms with E-state index in [9.17, 15) is 0 Å². The predicted molar refractivity (Wildman–Crippen MR) is 62.7 cm³/mol. The Morgan fingerprint density at radius 2 is 2.07 bits per heavy atom. The number of aromatic nitrogens is 2. The highest BCUT2D eigenvalue weighted by Crippen LogP contribution is 2.17. The van der Waals surface area contributed by atoms with Crippen molar-refractivity contribution < 1.29 is 0 Å². The quantitative estimate of drug-likeness (QED) is 0.827. The van der Waals surface area contributed by atoms with Gasteiger partial charge in [0, 0.05) is 11.9 Å². The predicted octanol–water partition coefficient (Wildman–Crippen LogP) is 2.40. The van der Waals surface area contributed by atoms with Crippen molar-refractivity contribution in [1.82, 2.24) is 15.1 Å². The fraction of sp³-hybridized carbons (Fsp3) is 0.417. The van der Waals surface area contributed by atoms with Gasteiger partial charge in [-0.3, -0.25) is 10.00 Å². The van der Waals surface area contributed by atoms with Crippen molar-refractivity contribution in [3.63, 3.8) is 0 Å². The average Bonchev–Trinajstić information content (AvgIpc) is 2.74. The lowest BCUT2D eigenvalue weighted by Gasteiger charge is -2.18. The van der Waals surface area contributed by atoms with E-state index in [1.165, 1.54) is 10.9 Å². The van der Waals surface area contributed by atoms with Crippen molar-refractivity contribution in [1.29, 1.82) is 0 Å². The summed E-state index contributed by atoms with van der Waals surface area (Å²) >= 11 is 0. The molecule has 0 aliphatic carbocycles. The first-order valence-corrected chi connectivity index (χ1v) is 5.48. The van der Waals surface area contributed by atoms with Crippen LogP contribution in [0, 0.1) is 0 Å². The van der Waals surface area contributed by atoms with Crippen LogP contribution in [0.5, 0.6) is 0 Å². The van der Waals surface area contributed by atoms with E-state index < -0.39 is 0 Å². The van der Waals surface area contributed by atoms with Crippen LogP contribution in [0.2, 0.25) is 0 Å². The van der Waals surface area contributed by atoms with Crippen molar-refractivity contribution >= 4 is 10.9 Å². The molecular weight excluding hydrogens is 186 g/mol. The second-order valence-electron chi connectivity index (χ2n) is 3.71. The standard InChI is InChI=1S/C12H17N3/c1-3-15(4-2)9-10-6-5-7-12-11(10)8-13-14-12/h5-8H,3-4,9H2,1-2H3,(H,13,14). The molecule has 1 aromatic heterocycles. The zero-order valence-corrected chi connectivity index (χ0v) is 9.33. The molecular formula is C12H17N3. The van der Waals surface area contributed by atoms with Crippen LogP contribution in [0.25, 0.3) is 10.9 Å². The monoisotopic (exact) mass is 203 g/mol. The molecule has 0 atom stereocenters. The molecule has 0 amide bonds. The minimum absolute atomic E-state index is 1.00. The van der Waals surface area contributed by atoms with Crippen molar-refractivity contribution in [2.45, 2.75) is 20.4 Å².